The van der Waals surface area contributed by atoms with Crippen LogP contribution in [0.2, 0.25) is 0 Å². The summed E-state index contributed by atoms with van der Waals surface area (Å²) in [7, 11) is 2.65. The molecule has 0 saturated heterocycles. The van der Waals surface area contributed by atoms with Crippen molar-refractivity contribution in [2.75, 3.05) is 14.2 Å². The minimum absolute atomic E-state index is 0.145. The SMILES string of the molecule is COC(=O)c1ccc2c(c1)nc(-c1ccc(OC(F)(F)F)cc1)n2[C@@H]1C[C@H](C)CC(C)(C)C1.COC(=O)c1ccc2c(c1)nc(-c1ccc(OC(F)(F)F)cc1)n2[C@H]1C[C@@H](C)CC(C)(C)C1. The lowest BCUT2D eigenvalue weighted by Gasteiger charge is -2.40. The summed E-state index contributed by atoms with van der Waals surface area (Å²) in [6.45, 7) is 13.5. The summed E-state index contributed by atoms with van der Waals surface area (Å²) in [5, 5.41) is 0. The van der Waals surface area contributed by atoms with E-state index < -0.39 is 24.7 Å². The number of ether oxygens (including phenoxy) is 4. The number of imidazole rings is 2. The molecule has 0 N–H and O–H groups in total. The van der Waals surface area contributed by atoms with Gasteiger partial charge in [0.2, 0.25) is 0 Å². The zero-order chi connectivity index (χ0) is 47.9. The van der Waals surface area contributed by atoms with Crippen molar-refractivity contribution in [3.8, 4) is 34.3 Å². The van der Waals surface area contributed by atoms with Gasteiger partial charge in [0.25, 0.3) is 0 Å². The van der Waals surface area contributed by atoms with Gasteiger partial charge >= 0.3 is 24.7 Å². The van der Waals surface area contributed by atoms with E-state index in [1.165, 1.54) is 38.5 Å². The van der Waals surface area contributed by atoms with Crippen molar-refractivity contribution in [1.82, 2.24) is 19.1 Å². The highest BCUT2D eigenvalue weighted by molar-refractivity contribution is 5.95. The number of halogens is 6. The number of benzene rings is 4. The van der Waals surface area contributed by atoms with E-state index >= 15 is 0 Å². The number of rotatable bonds is 8. The zero-order valence-electron chi connectivity index (χ0n) is 38.1. The molecule has 0 amide bonds. The molecule has 2 fully saturated rings. The molecule has 16 heteroatoms. The highest BCUT2D eigenvalue weighted by Crippen LogP contribution is 2.48. The minimum atomic E-state index is -4.75. The van der Waals surface area contributed by atoms with Crippen LogP contribution in [-0.2, 0) is 9.47 Å². The number of fused-ring (bicyclic) bond motifs is 2. The number of aromatic nitrogens is 4. The molecule has 0 aliphatic heterocycles. The molecule has 0 bridgehead atoms. The van der Waals surface area contributed by atoms with Gasteiger partial charge in [-0.05, 0) is 146 Å². The van der Waals surface area contributed by atoms with Crippen LogP contribution in [0.25, 0.3) is 44.8 Å². The second-order valence-corrected chi connectivity index (χ2v) is 19.3. The number of esters is 2. The zero-order valence-corrected chi connectivity index (χ0v) is 38.1. The molecule has 66 heavy (non-hydrogen) atoms. The molecule has 10 nitrogen and oxygen atoms in total. The largest absolute Gasteiger partial charge is 0.573 e. The summed E-state index contributed by atoms with van der Waals surface area (Å²) in [6, 6.07) is 22.4. The van der Waals surface area contributed by atoms with Crippen LogP contribution in [0.5, 0.6) is 11.5 Å². The topological polar surface area (TPSA) is 107 Å². The van der Waals surface area contributed by atoms with Crippen molar-refractivity contribution in [3.05, 3.63) is 96.1 Å². The standard InChI is InChI=1S/2C25H27F3N2O3/c2*1-15-11-18(14-24(2,3)13-15)30-21-10-7-17(23(31)32-4)12-20(21)29-22(30)16-5-8-19(9-6-16)33-25(26,27)28/h2*5-10,12,15,18H,11,13-14H2,1-4H3/t2*15-,18+/m10/s1. The van der Waals surface area contributed by atoms with E-state index in [-0.39, 0.29) is 34.4 Å². The van der Waals surface area contributed by atoms with Gasteiger partial charge in [0.15, 0.2) is 0 Å². The number of carbonyl (C=O) groups is 2. The number of alkyl halides is 6. The molecule has 2 aliphatic rings. The van der Waals surface area contributed by atoms with Crippen LogP contribution in [0.1, 0.15) is 113 Å². The Morgan fingerprint density at radius 2 is 0.909 bits per heavy atom. The monoisotopic (exact) mass is 920 g/mol. The Bertz CT molecular complexity index is 2520. The van der Waals surface area contributed by atoms with E-state index in [9.17, 15) is 35.9 Å². The number of carbonyl (C=O) groups excluding carboxylic acids is 2. The summed E-state index contributed by atoms with van der Waals surface area (Å²) >= 11 is 0. The first-order chi connectivity index (χ1) is 30.9. The normalized spacial score (nSPS) is 20.6. The Morgan fingerprint density at radius 3 is 1.21 bits per heavy atom. The average molecular weight is 921 g/mol. The summed E-state index contributed by atoms with van der Waals surface area (Å²) in [6.07, 6.45) is -3.41. The van der Waals surface area contributed by atoms with Crippen molar-refractivity contribution in [2.45, 2.75) is 105 Å². The highest BCUT2D eigenvalue weighted by Gasteiger charge is 2.37. The average Bonchev–Trinajstić information content (AvgIpc) is 3.80. The molecule has 0 radical (unpaired) electrons. The van der Waals surface area contributed by atoms with E-state index in [0.29, 0.717) is 56.8 Å². The molecule has 4 atom stereocenters. The van der Waals surface area contributed by atoms with Crippen LogP contribution in [0.15, 0.2) is 84.9 Å². The fraction of sp³-hybridized carbons (Fsp3) is 0.440. The maximum absolute atomic E-state index is 12.6. The third-order valence-electron chi connectivity index (χ3n) is 12.4. The molecule has 4 aromatic carbocycles. The maximum atomic E-state index is 12.6. The molecule has 6 aromatic rings. The lowest BCUT2D eigenvalue weighted by atomic mass is 9.70. The van der Waals surface area contributed by atoms with Gasteiger partial charge in [-0.1, -0.05) is 41.5 Å². The number of hydrogen-bond acceptors (Lipinski definition) is 8. The predicted octanol–water partition coefficient (Wildman–Crippen LogP) is 13.6. The fourth-order valence-corrected chi connectivity index (χ4v) is 10.4. The molecule has 2 aliphatic carbocycles. The first kappa shape index (κ1) is 47.9. The Morgan fingerprint density at radius 1 is 0.561 bits per heavy atom. The van der Waals surface area contributed by atoms with E-state index in [1.807, 2.05) is 12.1 Å². The summed E-state index contributed by atoms with van der Waals surface area (Å²) in [5.41, 5.74) is 5.47. The van der Waals surface area contributed by atoms with Gasteiger partial charge < -0.3 is 28.1 Å². The Hall–Kier alpha value is -6.06. The molecule has 0 spiro atoms. The van der Waals surface area contributed by atoms with Crippen molar-refractivity contribution in [2.24, 2.45) is 22.7 Å². The van der Waals surface area contributed by atoms with E-state index in [0.717, 1.165) is 49.6 Å². The molecule has 2 heterocycles. The number of hydrogen-bond donors (Lipinski definition) is 0. The molecule has 8 rings (SSSR count). The summed E-state index contributed by atoms with van der Waals surface area (Å²) < 4.78 is 97.5. The van der Waals surface area contributed by atoms with Gasteiger partial charge in [0.05, 0.1) is 47.4 Å². The molecule has 0 unspecified atom stereocenters. The van der Waals surface area contributed by atoms with Crippen LogP contribution in [0.3, 0.4) is 0 Å². The molecule has 352 valence electrons. The Kier molecular flexibility index (Phi) is 13.3. The maximum Gasteiger partial charge on any atom is 0.573 e. The fourth-order valence-electron chi connectivity index (χ4n) is 10.4. The number of nitrogens with zero attached hydrogens (tertiary/aromatic N) is 4. The van der Waals surface area contributed by atoms with Gasteiger partial charge in [0.1, 0.15) is 23.1 Å². The van der Waals surface area contributed by atoms with Gasteiger partial charge in [-0.25, -0.2) is 19.6 Å². The number of methoxy groups -OCH3 is 2. The summed E-state index contributed by atoms with van der Waals surface area (Å²) in [5.74, 6) is 0.870. The van der Waals surface area contributed by atoms with Crippen molar-refractivity contribution in [1.29, 1.82) is 0 Å². The molecular weight excluding hydrogens is 867 g/mol. The van der Waals surface area contributed by atoms with Crippen LogP contribution in [0.4, 0.5) is 26.3 Å². The lowest BCUT2D eigenvalue weighted by Crippen LogP contribution is -2.29. The summed E-state index contributed by atoms with van der Waals surface area (Å²) in [4.78, 5) is 33.7. The molecular formula is C50H54F6N4O6. The van der Waals surface area contributed by atoms with Gasteiger partial charge in [-0.2, -0.15) is 0 Å². The van der Waals surface area contributed by atoms with Crippen LogP contribution in [0, 0.1) is 22.7 Å². The lowest BCUT2D eigenvalue weighted by molar-refractivity contribution is -0.275. The van der Waals surface area contributed by atoms with E-state index in [1.54, 1.807) is 48.5 Å². The molecule has 2 saturated carbocycles. The second kappa shape index (κ2) is 18.3. The van der Waals surface area contributed by atoms with Gasteiger partial charge in [0, 0.05) is 23.2 Å². The molecule has 2 aromatic heterocycles. The predicted molar refractivity (Wildman–Crippen MR) is 238 cm³/mol. The van der Waals surface area contributed by atoms with Crippen LogP contribution < -0.4 is 9.47 Å². The van der Waals surface area contributed by atoms with Crippen LogP contribution >= 0.6 is 0 Å². The quantitative estimate of drug-likeness (QED) is 0.110. The second-order valence-electron chi connectivity index (χ2n) is 19.3. The van der Waals surface area contributed by atoms with Crippen molar-refractivity contribution >= 4 is 34.0 Å². The van der Waals surface area contributed by atoms with E-state index in [4.69, 9.17) is 19.4 Å². The highest BCUT2D eigenvalue weighted by atomic mass is 19.4. The Labute approximate surface area is 379 Å². The van der Waals surface area contributed by atoms with E-state index in [2.05, 4.69) is 60.2 Å². The third-order valence-corrected chi connectivity index (χ3v) is 12.4. The van der Waals surface area contributed by atoms with Crippen LogP contribution in [-0.4, -0.2) is 58.0 Å². The first-order valence-corrected chi connectivity index (χ1v) is 21.8. The third kappa shape index (κ3) is 11.1. The minimum Gasteiger partial charge on any atom is -0.465 e. The first-order valence-electron chi connectivity index (χ1n) is 21.8. The smallest absolute Gasteiger partial charge is 0.465 e. The Balaban J connectivity index is 0.000000196. The van der Waals surface area contributed by atoms with Gasteiger partial charge in [-0.15, -0.1) is 26.3 Å². The van der Waals surface area contributed by atoms with Crippen molar-refractivity contribution < 1.29 is 54.9 Å². The van der Waals surface area contributed by atoms with Gasteiger partial charge in [-0.3, -0.25) is 0 Å². The van der Waals surface area contributed by atoms with Crippen molar-refractivity contribution in [3.63, 3.8) is 0 Å².